The summed E-state index contributed by atoms with van der Waals surface area (Å²) in [6.07, 6.45) is 1.55. The molecule has 0 fully saturated rings. The summed E-state index contributed by atoms with van der Waals surface area (Å²) in [5, 5.41) is 0. The van der Waals surface area contributed by atoms with Crippen molar-refractivity contribution in [1.29, 1.82) is 0 Å². The van der Waals surface area contributed by atoms with E-state index in [1.165, 1.54) is 0 Å². The first-order chi connectivity index (χ1) is 3.41. The average Bonchev–Trinajstić information content (AvgIpc) is 1.69. The molecule has 0 aromatic rings. The van der Waals surface area contributed by atoms with Crippen LogP contribution < -0.4 is 0 Å². The van der Waals surface area contributed by atoms with Crippen LogP contribution in [0.1, 0.15) is 6.42 Å². The van der Waals surface area contributed by atoms with E-state index in [4.69, 9.17) is 0 Å². The van der Waals surface area contributed by atoms with E-state index in [1.54, 1.807) is 15.4 Å². The van der Waals surface area contributed by atoms with Crippen molar-refractivity contribution in [1.82, 2.24) is 0 Å². The Bertz CT molecular complexity index is 25.3. The molecule has 0 aliphatic heterocycles. The van der Waals surface area contributed by atoms with E-state index in [9.17, 15) is 0 Å². The van der Waals surface area contributed by atoms with Crippen molar-refractivity contribution in [2.45, 2.75) is 25.3 Å². The summed E-state index contributed by atoms with van der Waals surface area (Å²) in [5.41, 5.74) is 0. The summed E-state index contributed by atoms with van der Waals surface area (Å²) in [6, 6.07) is 0. The van der Waals surface area contributed by atoms with Crippen LogP contribution in [0.4, 0.5) is 0 Å². The van der Waals surface area contributed by atoms with Crippen molar-refractivity contribution in [3.8, 4) is 0 Å². The van der Waals surface area contributed by atoms with Crippen molar-refractivity contribution < 1.29 is 0 Å². The number of rotatable bonds is 4. The molecular formula is C5H12Te2. The van der Waals surface area contributed by atoms with Gasteiger partial charge in [-0.3, -0.25) is 0 Å². The summed E-state index contributed by atoms with van der Waals surface area (Å²) in [5.74, 6) is 0. The van der Waals surface area contributed by atoms with Crippen LogP contribution in [-0.2, 0) is 0 Å². The van der Waals surface area contributed by atoms with Crippen molar-refractivity contribution in [2.24, 2.45) is 0 Å². The molecule has 0 atom stereocenters. The van der Waals surface area contributed by atoms with Crippen LogP contribution in [0.25, 0.3) is 0 Å². The third-order valence-corrected chi connectivity index (χ3v) is 4.68. The maximum atomic E-state index is 2.39. The molecule has 0 saturated heterocycles. The Morgan fingerprint density at radius 2 is 1.43 bits per heavy atom. The molecule has 0 rings (SSSR count). The minimum absolute atomic E-state index is 0.476. The summed E-state index contributed by atoms with van der Waals surface area (Å²) in [6.45, 7) is 0. The normalized spacial score (nSPS) is 9.43. The predicted octanol–water partition coefficient (Wildman–Crippen LogP) is 1.72. The molecule has 0 spiro atoms. The van der Waals surface area contributed by atoms with Gasteiger partial charge in [-0.1, -0.05) is 0 Å². The molecule has 0 aromatic heterocycles. The number of hydrogen-bond acceptors (Lipinski definition) is 0. The fourth-order valence-electron chi connectivity index (χ4n) is 0.348. The van der Waals surface area contributed by atoms with Gasteiger partial charge in [0.1, 0.15) is 0 Å². The second-order valence-corrected chi connectivity index (χ2v) is 6.97. The molecule has 0 amide bonds. The van der Waals surface area contributed by atoms with Crippen LogP contribution in [0.5, 0.6) is 0 Å². The van der Waals surface area contributed by atoms with E-state index in [-0.39, 0.29) is 0 Å². The summed E-state index contributed by atoms with van der Waals surface area (Å²) in [4.78, 5) is 4.78. The predicted molar refractivity (Wildman–Crippen MR) is 37.5 cm³/mol. The van der Waals surface area contributed by atoms with Crippen molar-refractivity contribution in [3.05, 3.63) is 0 Å². The minimum atomic E-state index is 0.476. The van der Waals surface area contributed by atoms with Crippen LogP contribution in [-0.4, -0.2) is 41.8 Å². The zero-order chi connectivity index (χ0) is 5.54. The Labute approximate surface area is 66.6 Å². The maximum absolute atomic E-state index is 2.39. The van der Waals surface area contributed by atoms with E-state index in [0.29, 0.717) is 41.8 Å². The van der Waals surface area contributed by atoms with Gasteiger partial charge in [0.05, 0.1) is 0 Å². The second-order valence-electron chi connectivity index (χ2n) is 1.34. The molecule has 0 aliphatic rings. The van der Waals surface area contributed by atoms with Gasteiger partial charge in [-0.05, 0) is 0 Å². The third-order valence-electron chi connectivity index (χ3n) is 0.697. The van der Waals surface area contributed by atoms with E-state index in [2.05, 4.69) is 9.94 Å². The summed E-state index contributed by atoms with van der Waals surface area (Å²) >= 11 is 0.953. The standard InChI is InChI=1S/C5H12Te2/c1-6-4-3-5-7-2/h3-5H2,1-2H3. The zero-order valence-corrected chi connectivity index (χ0v) is 9.60. The van der Waals surface area contributed by atoms with Gasteiger partial charge in [-0.25, -0.2) is 0 Å². The molecule has 0 saturated carbocycles. The van der Waals surface area contributed by atoms with Gasteiger partial charge in [0, 0.05) is 0 Å². The SMILES string of the molecule is C[Te]CCC[Te]C. The molecule has 7 heavy (non-hydrogen) atoms. The van der Waals surface area contributed by atoms with Gasteiger partial charge < -0.3 is 0 Å². The van der Waals surface area contributed by atoms with Crippen molar-refractivity contribution in [3.63, 3.8) is 0 Å². The van der Waals surface area contributed by atoms with Crippen molar-refractivity contribution in [2.75, 3.05) is 0 Å². The first-order valence-corrected chi connectivity index (χ1v) is 10.4. The fraction of sp³-hybridized carbons (Fsp3) is 1.00. The van der Waals surface area contributed by atoms with Gasteiger partial charge >= 0.3 is 67.1 Å². The quantitative estimate of drug-likeness (QED) is 0.545. The molecule has 0 heterocycles. The summed E-state index contributed by atoms with van der Waals surface area (Å²) in [7, 11) is 0. The van der Waals surface area contributed by atoms with Crippen molar-refractivity contribution >= 4 is 41.8 Å². The van der Waals surface area contributed by atoms with Crippen LogP contribution in [0, 0.1) is 0 Å². The molecule has 0 aromatic carbocycles. The first-order valence-electron chi connectivity index (χ1n) is 2.39. The molecular weight excluding hydrogens is 315 g/mol. The topological polar surface area (TPSA) is 0 Å². The molecule has 0 unspecified atom stereocenters. The van der Waals surface area contributed by atoms with Crippen LogP contribution >= 0.6 is 0 Å². The first kappa shape index (κ1) is 8.58. The molecule has 0 radical (unpaired) electrons. The van der Waals surface area contributed by atoms with Gasteiger partial charge in [-0.2, -0.15) is 0 Å². The molecule has 0 bridgehead atoms. The Morgan fingerprint density at radius 1 is 1.00 bits per heavy atom. The zero-order valence-electron chi connectivity index (χ0n) is 4.94. The van der Waals surface area contributed by atoms with Crippen LogP contribution in [0.15, 0.2) is 0 Å². The second kappa shape index (κ2) is 7.58. The van der Waals surface area contributed by atoms with E-state index in [0.717, 1.165) is 0 Å². The fourth-order valence-corrected chi connectivity index (χ4v) is 4.59. The van der Waals surface area contributed by atoms with Crippen LogP contribution in [0.3, 0.4) is 0 Å². The molecule has 44 valence electrons. The van der Waals surface area contributed by atoms with E-state index in [1.807, 2.05) is 0 Å². The van der Waals surface area contributed by atoms with Gasteiger partial charge in [-0.15, -0.1) is 0 Å². The van der Waals surface area contributed by atoms with Crippen LogP contribution in [0.2, 0.25) is 18.9 Å². The Hall–Kier alpha value is 1.58. The van der Waals surface area contributed by atoms with Gasteiger partial charge in [0.15, 0.2) is 0 Å². The Morgan fingerprint density at radius 3 is 1.71 bits per heavy atom. The Balaban J connectivity index is 2.45. The molecule has 2 heteroatoms. The van der Waals surface area contributed by atoms with Gasteiger partial charge in [0.2, 0.25) is 0 Å². The Kier molecular flexibility index (Phi) is 9.29. The molecule has 0 nitrogen and oxygen atoms in total. The third kappa shape index (κ3) is 7.58. The van der Waals surface area contributed by atoms with E-state index >= 15 is 0 Å². The average molecular weight is 327 g/mol. The summed E-state index contributed by atoms with van der Waals surface area (Å²) < 4.78 is 3.17. The van der Waals surface area contributed by atoms with E-state index < -0.39 is 0 Å². The molecule has 0 N–H and O–H groups in total. The number of hydrogen-bond donors (Lipinski definition) is 0. The molecule has 0 aliphatic carbocycles. The monoisotopic (exact) mass is 332 g/mol. The van der Waals surface area contributed by atoms with Gasteiger partial charge in [0.25, 0.3) is 0 Å².